The van der Waals surface area contributed by atoms with E-state index in [-0.39, 0.29) is 6.42 Å². The molecular formula is C14H17N3O2. The lowest BCUT2D eigenvalue weighted by molar-refractivity contribution is -0.137. The Morgan fingerprint density at radius 1 is 1.16 bits per heavy atom. The lowest BCUT2D eigenvalue weighted by atomic mass is 9.91. The monoisotopic (exact) mass is 259 g/mol. The Morgan fingerprint density at radius 3 is 2.26 bits per heavy atom. The smallest absolute Gasteiger partial charge is 0.303 e. The van der Waals surface area contributed by atoms with Crippen molar-refractivity contribution in [1.82, 2.24) is 15.0 Å². The molecule has 0 amide bonds. The molecule has 0 aliphatic heterocycles. The van der Waals surface area contributed by atoms with Gasteiger partial charge in [0.05, 0.1) is 6.54 Å². The molecule has 0 unspecified atom stereocenters. The second-order valence-electron chi connectivity index (χ2n) is 5.11. The molecule has 0 spiro atoms. The Kier molecular flexibility index (Phi) is 3.19. The van der Waals surface area contributed by atoms with Crippen LogP contribution in [-0.2, 0) is 24.2 Å². The number of rotatable bonds is 4. The molecule has 1 aromatic heterocycles. The summed E-state index contributed by atoms with van der Waals surface area (Å²) in [5.41, 5.74) is 4.65. The van der Waals surface area contributed by atoms with Gasteiger partial charge in [0.1, 0.15) is 11.0 Å². The molecule has 0 saturated heterocycles. The van der Waals surface area contributed by atoms with Crippen LogP contribution in [0.4, 0.5) is 0 Å². The van der Waals surface area contributed by atoms with E-state index in [1.54, 1.807) is 4.80 Å². The highest BCUT2D eigenvalue weighted by molar-refractivity contribution is 5.76. The molecule has 0 fully saturated rings. The lowest BCUT2D eigenvalue weighted by Gasteiger charge is -2.14. The molecule has 100 valence electrons. The zero-order chi connectivity index (χ0) is 13.2. The third-order valence-electron chi connectivity index (χ3n) is 3.63. The van der Waals surface area contributed by atoms with E-state index in [4.69, 9.17) is 5.11 Å². The number of carboxylic acids is 1. The maximum Gasteiger partial charge on any atom is 0.303 e. The second kappa shape index (κ2) is 4.99. The fourth-order valence-electron chi connectivity index (χ4n) is 2.66. The van der Waals surface area contributed by atoms with Crippen molar-refractivity contribution in [2.45, 2.75) is 45.1 Å². The maximum atomic E-state index is 10.5. The minimum Gasteiger partial charge on any atom is -0.481 e. The van der Waals surface area contributed by atoms with E-state index in [1.165, 1.54) is 24.0 Å². The standard InChI is InChI=1S/C14H17N3O2/c18-14(19)6-3-7-17-15-12-8-10-4-1-2-5-11(10)9-13(12)16-17/h8-9H,1-7H2,(H,18,19). The maximum absolute atomic E-state index is 10.5. The summed E-state index contributed by atoms with van der Waals surface area (Å²) in [6, 6.07) is 4.29. The second-order valence-corrected chi connectivity index (χ2v) is 5.11. The Hall–Kier alpha value is -1.91. The molecule has 5 nitrogen and oxygen atoms in total. The van der Waals surface area contributed by atoms with Gasteiger partial charge in [0.25, 0.3) is 0 Å². The number of benzene rings is 1. The summed E-state index contributed by atoms with van der Waals surface area (Å²) in [6.07, 6.45) is 5.51. The Balaban J connectivity index is 1.82. The third-order valence-corrected chi connectivity index (χ3v) is 3.63. The summed E-state index contributed by atoms with van der Waals surface area (Å²) in [7, 11) is 0. The van der Waals surface area contributed by atoms with Crippen molar-refractivity contribution in [3.8, 4) is 0 Å². The van der Waals surface area contributed by atoms with E-state index < -0.39 is 5.97 Å². The fraction of sp³-hybridized carbons (Fsp3) is 0.500. The summed E-state index contributed by atoms with van der Waals surface area (Å²) >= 11 is 0. The first-order valence-corrected chi connectivity index (χ1v) is 6.81. The van der Waals surface area contributed by atoms with Crippen molar-refractivity contribution in [2.24, 2.45) is 0 Å². The van der Waals surface area contributed by atoms with Gasteiger partial charge in [-0.2, -0.15) is 15.0 Å². The van der Waals surface area contributed by atoms with Gasteiger partial charge in [-0.25, -0.2) is 0 Å². The summed E-state index contributed by atoms with van der Waals surface area (Å²) < 4.78 is 0. The average molecular weight is 259 g/mol. The number of aromatic nitrogens is 3. The van der Waals surface area contributed by atoms with Gasteiger partial charge in [-0.1, -0.05) is 0 Å². The summed E-state index contributed by atoms with van der Waals surface area (Å²) in [6.45, 7) is 0.561. The minimum absolute atomic E-state index is 0.161. The van der Waals surface area contributed by atoms with Crippen molar-refractivity contribution in [2.75, 3.05) is 0 Å². The number of aryl methyl sites for hydroxylation is 3. The van der Waals surface area contributed by atoms with Crippen LogP contribution in [0.2, 0.25) is 0 Å². The predicted octanol–water partition coefficient (Wildman–Crippen LogP) is 2.17. The molecule has 2 aromatic rings. The largest absolute Gasteiger partial charge is 0.481 e. The quantitative estimate of drug-likeness (QED) is 0.913. The first kappa shape index (κ1) is 12.1. The molecule has 5 heteroatoms. The van der Waals surface area contributed by atoms with Crippen molar-refractivity contribution in [1.29, 1.82) is 0 Å². The van der Waals surface area contributed by atoms with Crippen LogP contribution >= 0.6 is 0 Å². The van der Waals surface area contributed by atoms with E-state index >= 15 is 0 Å². The number of aliphatic carboxylic acids is 1. The van der Waals surface area contributed by atoms with Crippen molar-refractivity contribution in [3.63, 3.8) is 0 Å². The summed E-state index contributed by atoms with van der Waals surface area (Å²) in [5, 5.41) is 17.5. The van der Waals surface area contributed by atoms with Crippen molar-refractivity contribution < 1.29 is 9.90 Å². The molecular weight excluding hydrogens is 242 g/mol. The average Bonchev–Trinajstić information content (AvgIpc) is 2.77. The van der Waals surface area contributed by atoms with Crippen LogP contribution in [0.5, 0.6) is 0 Å². The van der Waals surface area contributed by atoms with Gasteiger partial charge < -0.3 is 5.11 Å². The van der Waals surface area contributed by atoms with Crippen LogP contribution in [-0.4, -0.2) is 26.1 Å². The van der Waals surface area contributed by atoms with Gasteiger partial charge in [0.2, 0.25) is 0 Å². The van der Waals surface area contributed by atoms with Crippen LogP contribution in [0.15, 0.2) is 12.1 Å². The van der Waals surface area contributed by atoms with E-state index in [0.29, 0.717) is 13.0 Å². The molecule has 1 aromatic carbocycles. The Morgan fingerprint density at radius 2 is 1.74 bits per heavy atom. The molecule has 1 aliphatic carbocycles. The van der Waals surface area contributed by atoms with E-state index in [0.717, 1.165) is 23.9 Å². The molecule has 0 bridgehead atoms. The number of carboxylic acid groups (broad SMARTS) is 1. The van der Waals surface area contributed by atoms with Crippen LogP contribution in [0, 0.1) is 0 Å². The molecule has 1 N–H and O–H groups in total. The van der Waals surface area contributed by atoms with Gasteiger partial charge in [0, 0.05) is 6.42 Å². The highest BCUT2D eigenvalue weighted by Crippen LogP contribution is 2.24. The first-order valence-electron chi connectivity index (χ1n) is 6.81. The molecule has 1 aliphatic rings. The van der Waals surface area contributed by atoms with Crippen LogP contribution < -0.4 is 0 Å². The van der Waals surface area contributed by atoms with Gasteiger partial charge in [0.15, 0.2) is 0 Å². The normalized spacial score (nSPS) is 14.5. The van der Waals surface area contributed by atoms with Crippen molar-refractivity contribution in [3.05, 3.63) is 23.3 Å². The third kappa shape index (κ3) is 2.59. The molecule has 0 radical (unpaired) electrons. The number of carbonyl (C=O) groups is 1. The first-order chi connectivity index (χ1) is 9.22. The fourth-order valence-corrected chi connectivity index (χ4v) is 2.66. The number of fused-ring (bicyclic) bond motifs is 2. The van der Waals surface area contributed by atoms with Gasteiger partial charge in [-0.05, 0) is 55.4 Å². The van der Waals surface area contributed by atoms with Crippen LogP contribution in [0.25, 0.3) is 11.0 Å². The molecule has 0 saturated carbocycles. The highest BCUT2D eigenvalue weighted by Gasteiger charge is 2.12. The van der Waals surface area contributed by atoms with E-state index in [1.807, 2.05) is 0 Å². The molecule has 3 rings (SSSR count). The zero-order valence-corrected chi connectivity index (χ0v) is 10.8. The topological polar surface area (TPSA) is 68.0 Å². The number of hydrogen-bond acceptors (Lipinski definition) is 3. The van der Waals surface area contributed by atoms with Gasteiger partial charge in [-0.3, -0.25) is 4.79 Å². The molecule has 1 heterocycles. The predicted molar refractivity (Wildman–Crippen MR) is 71.0 cm³/mol. The SMILES string of the molecule is O=C(O)CCCn1nc2cc3c(cc2n1)CCCC3. The van der Waals surface area contributed by atoms with Crippen molar-refractivity contribution >= 4 is 17.0 Å². The molecule has 19 heavy (non-hydrogen) atoms. The number of nitrogens with zero attached hydrogens (tertiary/aromatic N) is 3. The molecule has 0 atom stereocenters. The summed E-state index contributed by atoms with van der Waals surface area (Å²) in [4.78, 5) is 12.1. The Labute approximate surface area is 111 Å². The van der Waals surface area contributed by atoms with Gasteiger partial charge in [-0.15, -0.1) is 0 Å². The van der Waals surface area contributed by atoms with Crippen LogP contribution in [0.3, 0.4) is 0 Å². The lowest BCUT2D eigenvalue weighted by Crippen LogP contribution is -2.04. The van der Waals surface area contributed by atoms with Crippen LogP contribution in [0.1, 0.15) is 36.8 Å². The van der Waals surface area contributed by atoms with E-state index in [2.05, 4.69) is 22.3 Å². The number of hydrogen-bond donors (Lipinski definition) is 1. The van der Waals surface area contributed by atoms with E-state index in [9.17, 15) is 4.79 Å². The Bertz CT molecular complexity index is 575. The minimum atomic E-state index is -0.771. The highest BCUT2D eigenvalue weighted by atomic mass is 16.4. The summed E-state index contributed by atoms with van der Waals surface area (Å²) in [5.74, 6) is -0.771. The van der Waals surface area contributed by atoms with Gasteiger partial charge >= 0.3 is 5.97 Å². The zero-order valence-electron chi connectivity index (χ0n) is 10.8.